The molecule has 4 N–H and O–H groups in total. The third-order valence-electron chi connectivity index (χ3n) is 3.09. The Morgan fingerprint density at radius 2 is 2.45 bits per heavy atom. The summed E-state index contributed by atoms with van der Waals surface area (Å²) in [5.41, 5.74) is 5.13. The molecular formula is C13H20N4O3. The summed E-state index contributed by atoms with van der Waals surface area (Å²) in [6.45, 7) is 4.41. The largest absolute Gasteiger partial charge is 0.454 e. The molecule has 0 spiro atoms. The zero-order chi connectivity index (χ0) is 14.5. The first-order chi connectivity index (χ1) is 9.60. The highest BCUT2D eigenvalue weighted by Gasteiger charge is 2.22. The number of aliphatic hydroxyl groups excluding tert-OH is 1. The van der Waals surface area contributed by atoms with Gasteiger partial charge in [-0.25, -0.2) is 4.99 Å². The second-order valence-corrected chi connectivity index (χ2v) is 4.69. The van der Waals surface area contributed by atoms with Crippen molar-refractivity contribution in [1.29, 1.82) is 0 Å². The topological polar surface area (TPSA) is 104 Å². The fraction of sp³-hybridized carbons (Fsp3) is 0.538. The Balaban J connectivity index is 2.02. The first kappa shape index (κ1) is 14.4. The van der Waals surface area contributed by atoms with E-state index in [0.29, 0.717) is 18.8 Å². The number of primary amides is 1. The lowest BCUT2D eigenvalue weighted by Crippen LogP contribution is -2.40. The van der Waals surface area contributed by atoms with E-state index in [2.05, 4.69) is 10.3 Å². The van der Waals surface area contributed by atoms with Crippen LogP contribution >= 0.6 is 0 Å². The summed E-state index contributed by atoms with van der Waals surface area (Å²) >= 11 is 0. The van der Waals surface area contributed by atoms with Crippen LogP contribution < -0.4 is 11.1 Å². The van der Waals surface area contributed by atoms with E-state index in [1.165, 1.54) is 0 Å². The number of rotatable bonds is 4. The lowest BCUT2D eigenvalue weighted by atomic mass is 10.3. The van der Waals surface area contributed by atoms with Crippen molar-refractivity contribution >= 4 is 11.9 Å². The highest BCUT2D eigenvalue weighted by molar-refractivity contribution is 5.89. The fourth-order valence-corrected chi connectivity index (χ4v) is 2.11. The average molecular weight is 280 g/mol. The molecule has 1 aromatic heterocycles. The quantitative estimate of drug-likeness (QED) is 0.528. The van der Waals surface area contributed by atoms with Crippen molar-refractivity contribution in [3.63, 3.8) is 0 Å². The Labute approximate surface area is 117 Å². The number of furan rings is 1. The highest BCUT2D eigenvalue weighted by Crippen LogP contribution is 2.11. The van der Waals surface area contributed by atoms with Gasteiger partial charge in [0.05, 0.1) is 6.10 Å². The lowest BCUT2D eigenvalue weighted by molar-refractivity contribution is 0.0972. The molecular weight excluding hydrogens is 260 g/mol. The van der Waals surface area contributed by atoms with Crippen LogP contribution in [0.2, 0.25) is 0 Å². The number of nitrogens with two attached hydrogens (primary N) is 1. The number of carbonyl (C=O) groups is 1. The van der Waals surface area contributed by atoms with Gasteiger partial charge in [-0.05, 0) is 25.5 Å². The first-order valence-electron chi connectivity index (χ1n) is 6.70. The van der Waals surface area contributed by atoms with Crippen LogP contribution in [-0.4, -0.2) is 47.6 Å². The van der Waals surface area contributed by atoms with Gasteiger partial charge in [0.25, 0.3) is 5.91 Å². The number of amides is 1. The van der Waals surface area contributed by atoms with Crippen molar-refractivity contribution in [3.8, 4) is 0 Å². The summed E-state index contributed by atoms with van der Waals surface area (Å²) in [5, 5.41) is 12.7. The van der Waals surface area contributed by atoms with Gasteiger partial charge in [0.15, 0.2) is 11.7 Å². The number of aliphatic hydroxyl groups is 1. The zero-order valence-corrected chi connectivity index (χ0v) is 11.5. The van der Waals surface area contributed by atoms with Crippen LogP contribution in [0.1, 0.15) is 29.7 Å². The molecule has 0 saturated carbocycles. The molecule has 7 heteroatoms. The molecule has 1 atom stereocenters. The number of hydrogen-bond acceptors (Lipinski definition) is 4. The van der Waals surface area contributed by atoms with Crippen LogP contribution in [0, 0.1) is 0 Å². The molecule has 0 aliphatic carbocycles. The van der Waals surface area contributed by atoms with Crippen molar-refractivity contribution < 1.29 is 14.3 Å². The number of nitrogens with zero attached hydrogens (tertiary/aromatic N) is 2. The number of aliphatic imine (C=N–C) groups is 1. The minimum Gasteiger partial charge on any atom is -0.454 e. The summed E-state index contributed by atoms with van der Waals surface area (Å²) in [6.07, 6.45) is 0.445. The Kier molecular flexibility index (Phi) is 4.62. The average Bonchev–Trinajstić information content (AvgIpc) is 3.03. The fourth-order valence-electron chi connectivity index (χ4n) is 2.11. The third-order valence-corrected chi connectivity index (χ3v) is 3.09. The molecule has 110 valence electrons. The summed E-state index contributed by atoms with van der Waals surface area (Å²) in [4.78, 5) is 17.4. The lowest BCUT2D eigenvalue weighted by Gasteiger charge is -2.20. The first-order valence-corrected chi connectivity index (χ1v) is 6.70. The van der Waals surface area contributed by atoms with Crippen LogP contribution in [0.15, 0.2) is 21.5 Å². The standard InChI is InChI=1S/C13H20N4O3/c1-2-15-13(17-6-5-9(18)8-17)16-7-10-3-4-11(20-10)12(14)19/h3-4,9,18H,2,5-8H2,1H3,(H2,14,19)(H,15,16)/t9-/m1/s1. The van der Waals surface area contributed by atoms with E-state index >= 15 is 0 Å². The molecule has 1 aliphatic heterocycles. The van der Waals surface area contributed by atoms with E-state index in [4.69, 9.17) is 10.2 Å². The Morgan fingerprint density at radius 3 is 3.00 bits per heavy atom. The van der Waals surface area contributed by atoms with Gasteiger partial charge in [0.2, 0.25) is 0 Å². The van der Waals surface area contributed by atoms with Gasteiger partial charge in [0.1, 0.15) is 12.3 Å². The second-order valence-electron chi connectivity index (χ2n) is 4.69. The Bertz CT molecular complexity index is 498. The third kappa shape index (κ3) is 3.51. The van der Waals surface area contributed by atoms with Gasteiger partial charge in [-0.1, -0.05) is 0 Å². The maximum absolute atomic E-state index is 10.9. The summed E-state index contributed by atoms with van der Waals surface area (Å²) in [6, 6.07) is 3.23. The van der Waals surface area contributed by atoms with E-state index in [-0.39, 0.29) is 11.9 Å². The van der Waals surface area contributed by atoms with E-state index in [1.807, 2.05) is 11.8 Å². The molecule has 0 unspecified atom stereocenters. The van der Waals surface area contributed by atoms with Crippen molar-refractivity contribution in [3.05, 3.63) is 23.7 Å². The van der Waals surface area contributed by atoms with Gasteiger partial charge in [-0.15, -0.1) is 0 Å². The molecule has 7 nitrogen and oxygen atoms in total. The minimum atomic E-state index is -0.588. The van der Waals surface area contributed by atoms with Crippen LogP contribution in [0.25, 0.3) is 0 Å². The van der Waals surface area contributed by atoms with Crippen molar-refractivity contribution in [2.24, 2.45) is 10.7 Å². The van der Waals surface area contributed by atoms with E-state index in [0.717, 1.165) is 25.5 Å². The van der Waals surface area contributed by atoms with Crippen molar-refractivity contribution in [2.45, 2.75) is 26.0 Å². The predicted molar refractivity (Wildman–Crippen MR) is 74.2 cm³/mol. The molecule has 2 rings (SSSR count). The molecule has 1 aromatic rings. The summed E-state index contributed by atoms with van der Waals surface area (Å²) < 4.78 is 5.28. The molecule has 0 aromatic carbocycles. The summed E-state index contributed by atoms with van der Waals surface area (Å²) in [7, 11) is 0. The van der Waals surface area contributed by atoms with Gasteiger partial charge >= 0.3 is 0 Å². The SMILES string of the molecule is CCNC(=NCc1ccc(C(N)=O)o1)N1CC[C@@H](O)C1. The monoisotopic (exact) mass is 280 g/mol. The zero-order valence-electron chi connectivity index (χ0n) is 11.5. The highest BCUT2D eigenvalue weighted by atomic mass is 16.3. The van der Waals surface area contributed by atoms with Gasteiger partial charge in [-0.3, -0.25) is 4.79 Å². The molecule has 2 heterocycles. The smallest absolute Gasteiger partial charge is 0.284 e. The van der Waals surface area contributed by atoms with Crippen LogP contribution in [0.4, 0.5) is 0 Å². The van der Waals surface area contributed by atoms with E-state index < -0.39 is 5.91 Å². The van der Waals surface area contributed by atoms with Crippen molar-refractivity contribution in [1.82, 2.24) is 10.2 Å². The summed E-state index contributed by atoms with van der Waals surface area (Å²) in [5.74, 6) is 0.863. The second kappa shape index (κ2) is 6.42. The van der Waals surface area contributed by atoms with Crippen LogP contribution in [-0.2, 0) is 6.54 Å². The predicted octanol–water partition coefficient (Wildman–Crippen LogP) is -0.0894. The van der Waals surface area contributed by atoms with Crippen LogP contribution in [0.5, 0.6) is 0 Å². The Morgan fingerprint density at radius 1 is 1.65 bits per heavy atom. The number of hydrogen-bond donors (Lipinski definition) is 3. The van der Waals surface area contributed by atoms with Crippen LogP contribution in [0.3, 0.4) is 0 Å². The van der Waals surface area contributed by atoms with Gasteiger partial charge in [-0.2, -0.15) is 0 Å². The normalized spacial score (nSPS) is 19.4. The Hall–Kier alpha value is -2.02. The molecule has 0 radical (unpaired) electrons. The molecule has 1 saturated heterocycles. The number of likely N-dealkylation sites (tertiary alicyclic amines) is 1. The maximum Gasteiger partial charge on any atom is 0.284 e. The number of carbonyl (C=O) groups excluding carboxylic acids is 1. The molecule has 1 fully saturated rings. The number of nitrogens with one attached hydrogen (secondary N) is 1. The maximum atomic E-state index is 10.9. The molecule has 1 aliphatic rings. The van der Waals surface area contributed by atoms with Gasteiger partial charge < -0.3 is 25.5 Å². The number of guanidine groups is 1. The van der Waals surface area contributed by atoms with E-state index in [9.17, 15) is 9.90 Å². The number of β-amino-alcohol motifs (C(OH)–C–C–N with tert-alkyl or cyclic N) is 1. The molecule has 0 bridgehead atoms. The van der Waals surface area contributed by atoms with E-state index in [1.54, 1.807) is 12.1 Å². The molecule has 20 heavy (non-hydrogen) atoms. The minimum absolute atomic E-state index is 0.136. The van der Waals surface area contributed by atoms with Gasteiger partial charge in [0, 0.05) is 19.6 Å². The molecule has 1 amide bonds. The van der Waals surface area contributed by atoms with Crippen molar-refractivity contribution in [2.75, 3.05) is 19.6 Å².